The Morgan fingerprint density at radius 1 is 1.17 bits per heavy atom. The van der Waals surface area contributed by atoms with Crippen LogP contribution in [-0.4, -0.2) is 31.8 Å². The molecule has 0 spiro atoms. The molecule has 1 aliphatic heterocycles. The van der Waals surface area contributed by atoms with Crippen LogP contribution in [0.3, 0.4) is 0 Å². The Balaban J connectivity index is 1.73. The van der Waals surface area contributed by atoms with Crippen LogP contribution in [-0.2, 0) is 6.54 Å². The standard InChI is InChI=1S/C18H15N3O3/c22-15-11-20(10-12-5-1-2-6-13(12)15)17(23)14-9-19-16-7-3-4-8-21(16)18(14)24/h1-9,15,22H,10-11H2. The Labute approximate surface area is 137 Å². The maximum absolute atomic E-state index is 12.8. The topological polar surface area (TPSA) is 74.9 Å². The van der Waals surface area contributed by atoms with Crippen LogP contribution in [0.4, 0.5) is 0 Å². The van der Waals surface area contributed by atoms with E-state index in [-0.39, 0.29) is 12.1 Å². The van der Waals surface area contributed by atoms with Gasteiger partial charge in [-0.3, -0.25) is 14.0 Å². The van der Waals surface area contributed by atoms with Crippen LogP contribution in [0.2, 0.25) is 0 Å². The van der Waals surface area contributed by atoms with Crippen LogP contribution in [0.15, 0.2) is 59.7 Å². The number of β-amino-alcohol motifs (C(OH)–C–C–N with tert-alkyl or cyclic N) is 1. The Morgan fingerprint density at radius 3 is 2.83 bits per heavy atom. The van der Waals surface area contributed by atoms with Gasteiger partial charge in [-0.2, -0.15) is 0 Å². The molecule has 2 aromatic heterocycles. The predicted octanol–water partition coefficient (Wildman–Crippen LogP) is 1.38. The summed E-state index contributed by atoms with van der Waals surface area (Å²) in [6.07, 6.45) is 2.14. The normalized spacial score (nSPS) is 16.9. The van der Waals surface area contributed by atoms with Gasteiger partial charge in [-0.15, -0.1) is 0 Å². The van der Waals surface area contributed by atoms with Gasteiger partial charge in [-0.1, -0.05) is 30.3 Å². The molecule has 1 aromatic carbocycles. The van der Waals surface area contributed by atoms with Crippen LogP contribution in [0.1, 0.15) is 27.6 Å². The number of aliphatic hydroxyl groups is 1. The molecule has 3 aromatic rings. The second-order valence-corrected chi connectivity index (χ2v) is 5.81. The van der Waals surface area contributed by atoms with Crippen LogP contribution in [0.5, 0.6) is 0 Å². The van der Waals surface area contributed by atoms with E-state index in [9.17, 15) is 14.7 Å². The molecular weight excluding hydrogens is 306 g/mol. The Kier molecular flexibility index (Phi) is 3.39. The minimum atomic E-state index is -0.755. The van der Waals surface area contributed by atoms with E-state index in [1.54, 1.807) is 24.4 Å². The number of aromatic nitrogens is 2. The number of hydrogen-bond acceptors (Lipinski definition) is 4. The molecule has 6 heteroatoms. The Morgan fingerprint density at radius 2 is 1.96 bits per heavy atom. The zero-order valence-corrected chi connectivity index (χ0v) is 12.8. The number of rotatable bonds is 1. The first kappa shape index (κ1) is 14.6. The number of hydrogen-bond donors (Lipinski definition) is 1. The van der Waals surface area contributed by atoms with Gasteiger partial charge in [0, 0.05) is 18.9 Å². The number of aliphatic hydroxyl groups excluding tert-OH is 1. The molecule has 0 aliphatic carbocycles. The molecule has 1 unspecified atom stereocenters. The third kappa shape index (κ3) is 2.28. The summed E-state index contributed by atoms with van der Waals surface area (Å²) in [4.78, 5) is 31.0. The first-order valence-electron chi connectivity index (χ1n) is 7.66. The number of carbonyl (C=O) groups excluding carboxylic acids is 1. The fraction of sp³-hybridized carbons (Fsp3) is 0.167. The van der Waals surface area contributed by atoms with Crippen molar-refractivity contribution in [1.29, 1.82) is 0 Å². The summed E-state index contributed by atoms with van der Waals surface area (Å²) in [6.45, 7) is 0.524. The SMILES string of the molecule is O=C(c1cnc2ccccn2c1=O)N1Cc2ccccc2C(O)C1. The smallest absolute Gasteiger partial charge is 0.270 e. The highest BCUT2D eigenvalue weighted by molar-refractivity contribution is 5.94. The molecule has 1 atom stereocenters. The fourth-order valence-electron chi connectivity index (χ4n) is 3.08. The van der Waals surface area contributed by atoms with Crippen molar-refractivity contribution in [3.05, 3.63) is 81.9 Å². The van der Waals surface area contributed by atoms with Gasteiger partial charge in [-0.25, -0.2) is 4.98 Å². The average Bonchev–Trinajstić information content (AvgIpc) is 2.62. The zero-order valence-electron chi connectivity index (χ0n) is 12.8. The van der Waals surface area contributed by atoms with Crippen molar-refractivity contribution in [1.82, 2.24) is 14.3 Å². The molecule has 1 aliphatic rings. The number of pyridine rings is 1. The minimum Gasteiger partial charge on any atom is -0.387 e. The van der Waals surface area contributed by atoms with Gasteiger partial charge in [-0.05, 0) is 23.3 Å². The summed E-state index contributed by atoms with van der Waals surface area (Å²) < 4.78 is 1.35. The molecule has 0 saturated carbocycles. The van der Waals surface area contributed by atoms with Gasteiger partial charge in [0.05, 0.1) is 12.6 Å². The lowest BCUT2D eigenvalue weighted by Crippen LogP contribution is -2.40. The van der Waals surface area contributed by atoms with Crippen molar-refractivity contribution in [2.24, 2.45) is 0 Å². The van der Waals surface area contributed by atoms with Crippen LogP contribution in [0, 0.1) is 0 Å². The zero-order chi connectivity index (χ0) is 16.7. The average molecular weight is 321 g/mol. The van der Waals surface area contributed by atoms with Crippen molar-refractivity contribution in [2.75, 3.05) is 6.54 Å². The van der Waals surface area contributed by atoms with E-state index < -0.39 is 17.6 Å². The molecular formula is C18H15N3O3. The fourth-order valence-corrected chi connectivity index (χ4v) is 3.08. The summed E-state index contributed by atoms with van der Waals surface area (Å²) in [5, 5.41) is 10.3. The summed E-state index contributed by atoms with van der Waals surface area (Å²) in [7, 11) is 0. The summed E-state index contributed by atoms with van der Waals surface area (Å²) in [5.74, 6) is -0.417. The van der Waals surface area contributed by atoms with Gasteiger partial charge < -0.3 is 10.0 Å². The van der Waals surface area contributed by atoms with Gasteiger partial charge in [0.1, 0.15) is 11.2 Å². The second kappa shape index (κ2) is 5.58. The highest BCUT2D eigenvalue weighted by atomic mass is 16.3. The molecule has 1 N–H and O–H groups in total. The number of carbonyl (C=O) groups is 1. The third-order valence-electron chi connectivity index (χ3n) is 4.30. The quantitative estimate of drug-likeness (QED) is 0.735. The van der Waals surface area contributed by atoms with Crippen molar-refractivity contribution >= 4 is 11.6 Å². The van der Waals surface area contributed by atoms with Crippen molar-refractivity contribution in [3.63, 3.8) is 0 Å². The van der Waals surface area contributed by atoms with E-state index >= 15 is 0 Å². The monoisotopic (exact) mass is 321 g/mol. The maximum Gasteiger partial charge on any atom is 0.270 e. The lowest BCUT2D eigenvalue weighted by molar-refractivity contribution is 0.0548. The number of benzene rings is 1. The largest absolute Gasteiger partial charge is 0.387 e. The van der Waals surface area contributed by atoms with Gasteiger partial charge in [0.25, 0.3) is 11.5 Å². The third-order valence-corrected chi connectivity index (χ3v) is 4.30. The highest BCUT2D eigenvalue weighted by Crippen LogP contribution is 2.26. The number of fused-ring (bicyclic) bond motifs is 2. The van der Waals surface area contributed by atoms with Gasteiger partial charge in [0.15, 0.2) is 0 Å². The van der Waals surface area contributed by atoms with Gasteiger partial charge in [0.2, 0.25) is 0 Å². The predicted molar refractivity (Wildman–Crippen MR) is 87.6 cm³/mol. The summed E-state index contributed by atoms with van der Waals surface area (Å²) in [6, 6.07) is 12.7. The van der Waals surface area contributed by atoms with Crippen LogP contribution < -0.4 is 5.56 Å². The molecule has 0 saturated heterocycles. The minimum absolute atomic E-state index is 0.00489. The molecule has 1 amide bonds. The number of amides is 1. The first-order valence-corrected chi connectivity index (χ1v) is 7.66. The maximum atomic E-state index is 12.8. The Hall–Kier alpha value is -2.99. The highest BCUT2D eigenvalue weighted by Gasteiger charge is 2.28. The van der Waals surface area contributed by atoms with Crippen molar-refractivity contribution < 1.29 is 9.90 Å². The molecule has 0 bridgehead atoms. The lowest BCUT2D eigenvalue weighted by atomic mass is 9.97. The second-order valence-electron chi connectivity index (χ2n) is 5.81. The van der Waals surface area contributed by atoms with Crippen LogP contribution in [0.25, 0.3) is 5.65 Å². The summed E-state index contributed by atoms with van der Waals surface area (Å²) >= 11 is 0. The molecule has 24 heavy (non-hydrogen) atoms. The van der Waals surface area contributed by atoms with E-state index in [4.69, 9.17) is 0 Å². The molecule has 120 valence electrons. The number of nitrogens with zero attached hydrogens (tertiary/aromatic N) is 3. The Bertz CT molecular complexity index is 996. The van der Waals surface area contributed by atoms with Gasteiger partial charge >= 0.3 is 0 Å². The summed E-state index contributed by atoms with van der Waals surface area (Å²) in [5.41, 5.74) is 1.81. The first-order chi connectivity index (χ1) is 11.6. The van der Waals surface area contributed by atoms with E-state index in [1.165, 1.54) is 15.5 Å². The van der Waals surface area contributed by atoms with Crippen LogP contribution >= 0.6 is 0 Å². The van der Waals surface area contributed by atoms with E-state index in [2.05, 4.69) is 4.98 Å². The molecule has 0 radical (unpaired) electrons. The van der Waals surface area contributed by atoms with Crippen molar-refractivity contribution in [3.8, 4) is 0 Å². The molecule has 0 fully saturated rings. The van der Waals surface area contributed by atoms with E-state index in [1.807, 2.05) is 24.3 Å². The van der Waals surface area contributed by atoms with Crippen molar-refractivity contribution in [2.45, 2.75) is 12.6 Å². The molecule has 6 nitrogen and oxygen atoms in total. The molecule has 3 heterocycles. The molecule has 4 rings (SSSR count). The van der Waals surface area contributed by atoms with E-state index in [0.717, 1.165) is 11.1 Å². The lowest BCUT2D eigenvalue weighted by Gasteiger charge is -2.32. The van der Waals surface area contributed by atoms with E-state index in [0.29, 0.717) is 12.2 Å².